The van der Waals surface area contributed by atoms with Crippen LogP contribution in [-0.4, -0.2) is 50.6 Å². The summed E-state index contributed by atoms with van der Waals surface area (Å²) in [5.74, 6) is -1.97. The number of aryl methyl sites for hydroxylation is 1. The number of Topliss-reactive ketones (excluding diaryl/α,β-unsaturated/α-hetero) is 1. The Morgan fingerprint density at radius 2 is 1.65 bits per heavy atom. The van der Waals surface area contributed by atoms with Gasteiger partial charge in [-0.2, -0.15) is 0 Å². The van der Waals surface area contributed by atoms with Gasteiger partial charge in [0.2, 0.25) is 0 Å². The van der Waals surface area contributed by atoms with Gasteiger partial charge in [-0.15, -0.1) is 0 Å². The summed E-state index contributed by atoms with van der Waals surface area (Å²) in [6, 6.07) is 1.42. The number of imide groups is 2. The van der Waals surface area contributed by atoms with Gasteiger partial charge in [0.15, 0.2) is 5.78 Å². The average molecular weight is 357 g/mol. The highest BCUT2D eigenvalue weighted by molar-refractivity contribution is 6.45. The van der Waals surface area contributed by atoms with Crippen molar-refractivity contribution >= 4 is 23.6 Å². The van der Waals surface area contributed by atoms with Gasteiger partial charge in [0.25, 0.3) is 0 Å². The predicted octanol–water partition coefficient (Wildman–Crippen LogP) is 2.36. The summed E-state index contributed by atoms with van der Waals surface area (Å²) in [4.78, 5) is 51.8. The number of aromatic nitrogens is 1. The van der Waals surface area contributed by atoms with Gasteiger partial charge in [0.1, 0.15) is 0 Å². The largest absolute Gasteiger partial charge is 0.345 e. The van der Waals surface area contributed by atoms with E-state index >= 15 is 0 Å². The minimum Gasteiger partial charge on any atom is -0.345 e. The second-order valence-electron chi connectivity index (χ2n) is 7.60. The third-order valence-electron chi connectivity index (χ3n) is 5.77. The highest BCUT2D eigenvalue weighted by atomic mass is 16.2. The van der Waals surface area contributed by atoms with E-state index in [0.29, 0.717) is 11.6 Å². The van der Waals surface area contributed by atoms with Crippen LogP contribution in [0, 0.1) is 13.8 Å². The van der Waals surface area contributed by atoms with Gasteiger partial charge in [-0.1, -0.05) is 12.8 Å². The zero-order valence-electron chi connectivity index (χ0n) is 15.2. The summed E-state index contributed by atoms with van der Waals surface area (Å²) in [6.07, 6.45) is 5.57. The molecule has 3 fully saturated rings. The molecule has 4 amide bonds. The highest BCUT2D eigenvalue weighted by Gasteiger charge is 2.48. The maximum Gasteiger partial charge on any atom is 0.334 e. The Balaban J connectivity index is 1.54. The monoisotopic (exact) mass is 357 g/mol. The highest BCUT2D eigenvalue weighted by Crippen LogP contribution is 2.38. The van der Waals surface area contributed by atoms with Crippen LogP contribution in [0.25, 0.3) is 0 Å². The topological polar surface area (TPSA) is 79.7 Å². The number of hydrogen-bond donors (Lipinski definition) is 0. The van der Waals surface area contributed by atoms with Crippen LogP contribution >= 0.6 is 0 Å². The number of rotatable bonds is 5. The Hall–Kier alpha value is -2.44. The number of carbonyl (C=O) groups is 4. The summed E-state index contributed by atoms with van der Waals surface area (Å²) < 4.78 is 2.15. The number of urea groups is 1. The molecule has 1 aromatic heterocycles. The molecule has 0 N–H and O–H groups in total. The van der Waals surface area contributed by atoms with Gasteiger partial charge in [-0.25, -0.2) is 9.69 Å². The maximum absolute atomic E-state index is 12.8. The van der Waals surface area contributed by atoms with Crippen LogP contribution in [-0.2, 0) is 9.59 Å². The molecule has 0 radical (unpaired) electrons. The van der Waals surface area contributed by atoms with E-state index in [0.717, 1.165) is 59.7 Å². The Kier molecular flexibility index (Phi) is 3.97. The minimum atomic E-state index is -0.883. The standard InChI is InChI=1S/C19H23N3O4/c1-11-9-15(12(2)21(11)14-7-8-14)16(23)10-20-17(24)18(25)22(19(20)26)13-5-3-4-6-13/h9,13-14H,3-8,10H2,1-2H3. The smallest absolute Gasteiger partial charge is 0.334 e. The molecule has 0 bridgehead atoms. The molecule has 138 valence electrons. The normalized spacial score (nSPS) is 21.4. The molecule has 3 aliphatic rings. The van der Waals surface area contributed by atoms with Crippen molar-refractivity contribution in [2.45, 2.75) is 64.5 Å². The zero-order chi connectivity index (χ0) is 18.6. The molecule has 1 saturated heterocycles. The predicted molar refractivity (Wildman–Crippen MR) is 92.7 cm³/mol. The molecule has 7 heteroatoms. The fourth-order valence-electron chi connectivity index (χ4n) is 4.33. The number of nitrogens with zero attached hydrogens (tertiary/aromatic N) is 3. The van der Waals surface area contributed by atoms with Crippen LogP contribution < -0.4 is 0 Å². The lowest BCUT2D eigenvalue weighted by molar-refractivity contribution is -0.143. The van der Waals surface area contributed by atoms with Crippen LogP contribution in [0.5, 0.6) is 0 Å². The molecule has 2 saturated carbocycles. The van der Waals surface area contributed by atoms with E-state index in [1.165, 1.54) is 0 Å². The molecule has 1 aromatic rings. The molecule has 4 rings (SSSR count). The van der Waals surface area contributed by atoms with Crippen LogP contribution in [0.1, 0.15) is 66.3 Å². The van der Waals surface area contributed by atoms with Gasteiger partial charge in [-0.3, -0.25) is 19.3 Å². The van der Waals surface area contributed by atoms with E-state index in [4.69, 9.17) is 0 Å². The summed E-state index contributed by atoms with van der Waals surface area (Å²) in [6.45, 7) is 3.48. The van der Waals surface area contributed by atoms with Crippen molar-refractivity contribution in [2.24, 2.45) is 0 Å². The lowest BCUT2D eigenvalue weighted by Crippen LogP contribution is -2.41. The molecule has 1 aliphatic heterocycles. The van der Waals surface area contributed by atoms with Crippen molar-refractivity contribution in [1.82, 2.24) is 14.4 Å². The van der Waals surface area contributed by atoms with Crippen molar-refractivity contribution in [1.29, 1.82) is 0 Å². The summed E-state index contributed by atoms with van der Waals surface area (Å²) >= 11 is 0. The van der Waals surface area contributed by atoms with E-state index in [2.05, 4.69) is 4.57 Å². The molecule has 0 spiro atoms. The van der Waals surface area contributed by atoms with Crippen LogP contribution in [0.2, 0.25) is 0 Å². The average Bonchev–Trinajstić information content (AvgIpc) is 3.13. The first-order valence-corrected chi connectivity index (χ1v) is 9.30. The molecule has 26 heavy (non-hydrogen) atoms. The Labute approximate surface area is 151 Å². The zero-order valence-corrected chi connectivity index (χ0v) is 15.2. The first-order valence-electron chi connectivity index (χ1n) is 9.30. The van der Waals surface area contributed by atoms with Gasteiger partial charge in [-0.05, 0) is 45.6 Å². The summed E-state index contributed by atoms with van der Waals surface area (Å²) in [7, 11) is 0. The molecule has 0 atom stereocenters. The molecule has 0 unspecified atom stereocenters. The minimum absolute atomic E-state index is 0.209. The van der Waals surface area contributed by atoms with Crippen LogP contribution in [0.4, 0.5) is 4.79 Å². The van der Waals surface area contributed by atoms with Crippen molar-refractivity contribution in [2.75, 3.05) is 6.54 Å². The van der Waals surface area contributed by atoms with E-state index in [9.17, 15) is 19.2 Å². The third kappa shape index (κ3) is 2.57. The van der Waals surface area contributed by atoms with E-state index < -0.39 is 17.8 Å². The molecular weight excluding hydrogens is 334 g/mol. The first-order chi connectivity index (χ1) is 12.4. The van der Waals surface area contributed by atoms with Gasteiger partial charge in [0.05, 0.1) is 6.54 Å². The molecule has 7 nitrogen and oxygen atoms in total. The van der Waals surface area contributed by atoms with Crippen molar-refractivity contribution in [3.8, 4) is 0 Å². The molecular formula is C19H23N3O4. The quantitative estimate of drug-likeness (QED) is 0.460. The fourth-order valence-corrected chi connectivity index (χ4v) is 4.33. The van der Waals surface area contributed by atoms with Gasteiger partial charge < -0.3 is 4.57 Å². The second kappa shape index (κ2) is 6.07. The second-order valence-corrected chi connectivity index (χ2v) is 7.60. The summed E-state index contributed by atoms with van der Waals surface area (Å²) in [5, 5.41) is 0. The van der Waals surface area contributed by atoms with Crippen molar-refractivity contribution in [3.63, 3.8) is 0 Å². The van der Waals surface area contributed by atoms with E-state index in [-0.39, 0.29) is 18.4 Å². The van der Waals surface area contributed by atoms with E-state index in [1.807, 2.05) is 19.9 Å². The first kappa shape index (κ1) is 17.0. The number of amides is 4. The summed E-state index contributed by atoms with van der Waals surface area (Å²) in [5.41, 5.74) is 2.41. The maximum atomic E-state index is 12.8. The molecule has 2 heterocycles. The van der Waals surface area contributed by atoms with Crippen molar-refractivity contribution in [3.05, 3.63) is 23.0 Å². The number of hydrogen-bond acceptors (Lipinski definition) is 4. The van der Waals surface area contributed by atoms with Gasteiger partial charge in [0, 0.05) is 29.0 Å². The van der Waals surface area contributed by atoms with Gasteiger partial charge >= 0.3 is 17.8 Å². The van der Waals surface area contributed by atoms with Crippen LogP contribution in [0.3, 0.4) is 0 Å². The number of ketones is 1. The lowest BCUT2D eigenvalue weighted by Gasteiger charge is -2.20. The van der Waals surface area contributed by atoms with E-state index in [1.54, 1.807) is 0 Å². The Morgan fingerprint density at radius 1 is 1.00 bits per heavy atom. The Morgan fingerprint density at radius 3 is 2.27 bits per heavy atom. The molecule has 2 aliphatic carbocycles. The molecule has 0 aromatic carbocycles. The van der Waals surface area contributed by atoms with Crippen LogP contribution in [0.15, 0.2) is 6.07 Å². The lowest BCUT2D eigenvalue weighted by atomic mass is 10.1. The third-order valence-corrected chi connectivity index (χ3v) is 5.77. The number of carbonyl (C=O) groups excluding carboxylic acids is 4. The van der Waals surface area contributed by atoms with Crippen molar-refractivity contribution < 1.29 is 19.2 Å². The fraction of sp³-hybridized carbons (Fsp3) is 0.579. The SMILES string of the molecule is Cc1cc(C(=O)CN2C(=O)C(=O)N(C3CCCC3)C2=O)c(C)n1C1CC1. The Bertz CT molecular complexity index is 815.